The molecule has 3 N–H and O–H groups in total. The molecule has 0 radical (unpaired) electrons. The Labute approximate surface area is 81.7 Å². The van der Waals surface area contributed by atoms with Gasteiger partial charge < -0.3 is 20.1 Å². The number of esters is 1. The molecule has 0 aliphatic rings. The Kier molecular flexibility index (Phi) is 5.31. The van der Waals surface area contributed by atoms with E-state index in [0.29, 0.717) is 5.75 Å². The van der Waals surface area contributed by atoms with E-state index in [1.54, 1.807) is 6.92 Å². The quantitative estimate of drug-likeness (QED) is 0.273. The summed E-state index contributed by atoms with van der Waals surface area (Å²) in [6.45, 7) is 1.55. The molecule has 78 valence electrons. The summed E-state index contributed by atoms with van der Waals surface area (Å²) in [6.07, 6.45) is -1.14. The first kappa shape index (κ1) is 12.7. The molecule has 5 nitrogen and oxygen atoms in total. The lowest BCUT2D eigenvalue weighted by Crippen LogP contribution is -2.44. The second-order valence-corrected chi connectivity index (χ2v) is 2.99. The molecule has 0 aromatic carbocycles. The summed E-state index contributed by atoms with van der Waals surface area (Å²) in [7, 11) is 0. The van der Waals surface area contributed by atoms with Crippen molar-refractivity contribution in [2.45, 2.75) is 31.8 Å². The zero-order valence-corrected chi connectivity index (χ0v) is 8.20. The van der Waals surface area contributed by atoms with Crippen LogP contribution in [-0.4, -0.2) is 39.1 Å². The molecule has 0 heterocycles. The van der Waals surface area contributed by atoms with Crippen molar-refractivity contribution in [2.24, 2.45) is 0 Å². The van der Waals surface area contributed by atoms with Crippen LogP contribution in [0.5, 0.6) is 0 Å². The molecule has 0 fully saturated rings. The van der Waals surface area contributed by atoms with Crippen LogP contribution in [0.15, 0.2) is 0 Å². The molecule has 0 aliphatic carbocycles. The minimum absolute atomic E-state index is 0.0652. The van der Waals surface area contributed by atoms with E-state index in [1.807, 2.05) is 0 Å². The van der Waals surface area contributed by atoms with Crippen LogP contribution in [0.1, 0.15) is 19.8 Å². The first-order chi connectivity index (χ1) is 5.91. The van der Waals surface area contributed by atoms with Gasteiger partial charge in [0.1, 0.15) is 0 Å². The number of carbonyl (C=O) groups is 1. The molecule has 0 bridgehead atoms. The Morgan fingerprint density at radius 2 is 2.08 bits per heavy atom. The number of rotatable bonds is 5. The number of thiol groups is 1. The number of hydrogen-bond acceptors (Lipinski definition) is 6. The lowest BCUT2D eigenvalue weighted by molar-refractivity contribution is -0.356. The molecular weight excluding hydrogens is 196 g/mol. The highest BCUT2D eigenvalue weighted by Crippen LogP contribution is 2.11. The molecule has 0 aromatic rings. The third-order valence-corrected chi connectivity index (χ3v) is 1.62. The SMILES string of the molecule is CCC(OC(=O)CCS)C(O)(O)O. The largest absolute Gasteiger partial charge is 0.454 e. The van der Waals surface area contributed by atoms with E-state index in [-0.39, 0.29) is 12.8 Å². The summed E-state index contributed by atoms with van der Waals surface area (Å²) < 4.78 is 4.57. The van der Waals surface area contributed by atoms with Crippen molar-refractivity contribution < 1.29 is 24.9 Å². The van der Waals surface area contributed by atoms with Crippen LogP contribution in [0.3, 0.4) is 0 Å². The molecule has 0 amide bonds. The van der Waals surface area contributed by atoms with Crippen LogP contribution in [0.4, 0.5) is 0 Å². The van der Waals surface area contributed by atoms with Crippen LogP contribution < -0.4 is 0 Å². The molecule has 6 heteroatoms. The lowest BCUT2D eigenvalue weighted by atomic mass is 10.2. The highest BCUT2D eigenvalue weighted by atomic mass is 32.1. The van der Waals surface area contributed by atoms with Crippen molar-refractivity contribution in [1.82, 2.24) is 0 Å². The van der Waals surface area contributed by atoms with Crippen molar-refractivity contribution >= 4 is 18.6 Å². The fourth-order valence-corrected chi connectivity index (χ4v) is 0.928. The Balaban J connectivity index is 4.06. The lowest BCUT2D eigenvalue weighted by Gasteiger charge is -2.24. The average Bonchev–Trinajstić information content (AvgIpc) is 1.98. The first-order valence-corrected chi connectivity index (χ1v) is 4.52. The van der Waals surface area contributed by atoms with Crippen LogP contribution >= 0.6 is 12.6 Å². The van der Waals surface area contributed by atoms with E-state index < -0.39 is 18.0 Å². The summed E-state index contributed by atoms with van der Waals surface area (Å²) in [6, 6.07) is 0. The van der Waals surface area contributed by atoms with Crippen LogP contribution in [-0.2, 0) is 9.53 Å². The number of aliphatic hydroxyl groups is 3. The third kappa shape index (κ3) is 5.09. The minimum atomic E-state index is -2.97. The van der Waals surface area contributed by atoms with Gasteiger partial charge in [0.2, 0.25) is 0 Å². The van der Waals surface area contributed by atoms with E-state index in [1.165, 1.54) is 0 Å². The average molecular weight is 210 g/mol. The normalized spacial score (nSPS) is 13.9. The smallest absolute Gasteiger partial charge is 0.314 e. The Hall–Kier alpha value is -0.300. The van der Waals surface area contributed by atoms with Crippen molar-refractivity contribution in [2.75, 3.05) is 5.75 Å². The van der Waals surface area contributed by atoms with Gasteiger partial charge in [-0.25, -0.2) is 0 Å². The summed E-state index contributed by atoms with van der Waals surface area (Å²) >= 11 is 3.80. The second-order valence-electron chi connectivity index (χ2n) is 2.55. The fourth-order valence-electron chi connectivity index (χ4n) is 0.745. The molecule has 0 spiro atoms. The van der Waals surface area contributed by atoms with Gasteiger partial charge in [0, 0.05) is 5.75 Å². The number of ether oxygens (including phenoxy) is 1. The van der Waals surface area contributed by atoms with E-state index >= 15 is 0 Å². The topological polar surface area (TPSA) is 87.0 Å². The van der Waals surface area contributed by atoms with Crippen LogP contribution in [0.2, 0.25) is 0 Å². The summed E-state index contributed by atoms with van der Waals surface area (Å²) in [5.41, 5.74) is 0. The molecular formula is C7H14O5S. The summed E-state index contributed by atoms with van der Waals surface area (Å²) in [4.78, 5) is 10.9. The molecule has 0 rings (SSSR count). The summed E-state index contributed by atoms with van der Waals surface area (Å²) in [5, 5.41) is 26.1. The molecule has 1 atom stereocenters. The molecule has 13 heavy (non-hydrogen) atoms. The Morgan fingerprint density at radius 1 is 1.54 bits per heavy atom. The van der Waals surface area contributed by atoms with E-state index in [2.05, 4.69) is 17.4 Å². The van der Waals surface area contributed by atoms with E-state index in [0.717, 1.165) is 0 Å². The van der Waals surface area contributed by atoms with Crippen LogP contribution in [0.25, 0.3) is 0 Å². The monoisotopic (exact) mass is 210 g/mol. The fraction of sp³-hybridized carbons (Fsp3) is 0.857. The van der Waals surface area contributed by atoms with Gasteiger partial charge in [0.15, 0.2) is 6.10 Å². The molecule has 0 aliphatic heterocycles. The van der Waals surface area contributed by atoms with Crippen molar-refractivity contribution in [1.29, 1.82) is 0 Å². The minimum Gasteiger partial charge on any atom is -0.454 e. The molecule has 0 saturated carbocycles. The molecule has 0 saturated heterocycles. The van der Waals surface area contributed by atoms with Gasteiger partial charge in [0.25, 0.3) is 0 Å². The maximum absolute atomic E-state index is 10.9. The predicted octanol–water partition coefficient (Wildman–Crippen LogP) is -0.741. The Bertz CT molecular complexity index is 165. The van der Waals surface area contributed by atoms with Gasteiger partial charge in [-0.3, -0.25) is 4.79 Å². The zero-order chi connectivity index (χ0) is 10.5. The molecule has 1 unspecified atom stereocenters. The first-order valence-electron chi connectivity index (χ1n) is 3.89. The zero-order valence-electron chi connectivity index (χ0n) is 7.30. The second kappa shape index (κ2) is 5.43. The molecule has 0 aromatic heterocycles. The van der Waals surface area contributed by atoms with E-state index in [9.17, 15) is 4.79 Å². The van der Waals surface area contributed by atoms with Gasteiger partial charge in [-0.05, 0) is 6.42 Å². The Morgan fingerprint density at radius 3 is 2.38 bits per heavy atom. The van der Waals surface area contributed by atoms with Gasteiger partial charge in [-0.1, -0.05) is 6.92 Å². The van der Waals surface area contributed by atoms with Gasteiger partial charge in [-0.2, -0.15) is 12.6 Å². The van der Waals surface area contributed by atoms with Crippen molar-refractivity contribution in [3.05, 3.63) is 0 Å². The number of carbonyl (C=O) groups excluding carboxylic acids is 1. The highest BCUT2D eigenvalue weighted by Gasteiger charge is 2.33. The van der Waals surface area contributed by atoms with Gasteiger partial charge in [-0.15, -0.1) is 0 Å². The summed E-state index contributed by atoms with van der Waals surface area (Å²) in [5.74, 6) is -3.28. The predicted molar refractivity (Wildman–Crippen MR) is 48.0 cm³/mol. The van der Waals surface area contributed by atoms with E-state index in [4.69, 9.17) is 15.3 Å². The van der Waals surface area contributed by atoms with Crippen molar-refractivity contribution in [3.63, 3.8) is 0 Å². The number of hydrogen-bond donors (Lipinski definition) is 4. The maximum atomic E-state index is 10.9. The van der Waals surface area contributed by atoms with Crippen LogP contribution in [0, 0.1) is 0 Å². The third-order valence-electron chi connectivity index (χ3n) is 1.39. The highest BCUT2D eigenvalue weighted by molar-refractivity contribution is 7.80. The maximum Gasteiger partial charge on any atom is 0.314 e. The van der Waals surface area contributed by atoms with Crippen molar-refractivity contribution in [3.8, 4) is 0 Å². The van der Waals surface area contributed by atoms with Gasteiger partial charge in [0.05, 0.1) is 6.42 Å². The van der Waals surface area contributed by atoms with Gasteiger partial charge >= 0.3 is 11.9 Å². The standard InChI is InChI=1S/C7H14O5S/c1-2-5(7(9,10)11)12-6(8)3-4-13/h5,9-11,13H,2-4H2,1H3.